The van der Waals surface area contributed by atoms with Crippen LogP contribution in [0.5, 0.6) is 5.75 Å². The van der Waals surface area contributed by atoms with Crippen LogP contribution in [0, 0.1) is 11.1 Å². The lowest BCUT2D eigenvalue weighted by Gasteiger charge is -2.37. The van der Waals surface area contributed by atoms with E-state index in [2.05, 4.69) is 53.1 Å². The number of piperazine rings is 1. The smallest absolute Gasteiger partial charge is 0.366 e. The largest absolute Gasteiger partial charge is 0.691 e. The Morgan fingerprint density at radius 2 is 1.51 bits per heavy atom. The molecule has 1 fully saturated rings. The van der Waals surface area contributed by atoms with Crippen LogP contribution in [0.1, 0.15) is 37.0 Å². The van der Waals surface area contributed by atoms with E-state index in [-0.39, 0.29) is 5.91 Å². The number of nitrogens with zero attached hydrogens (tertiary/aromatic N) is 5. The Hall–Kier alpha value is -4.07. The van der Waals surface area contributed by atoms with Crippen molar-refractivity contribution < 1.29 is 14.4 Å². The molecule has 5 rings (SSSR count). The lowest BCUT2D eigenvalue weighted by molar-refractivity contribution is -0.645. The zero-order valence-electron chi connectivity index (χ0n) is 21.4. The molecule has 0 amide bonds. The van der Waals surface area contributed by atoms with E-state index in [1.807, 2.05) is 12.1 Å². The fraction of sp³-hybridized carbons (Fsp3) is 0.345. The Morgan fingerprint density at radius 3 is 2.14 bits per heavy atom. The summed E-state index contributed by atoms with van der Waals surface area (Å²) in [6, 6.07) is 22.8. The van der Waals surface area contributed by atoms with Crippen LogP contribution in [-0.2, 0) is 0 Å². The molecule has 0 spiro atoms. The zero-order valence-corrected chi connectivity index (χ0v) is 21.4. The molecule has 1 saturated heterocycles. The van der Waals surface area contributed by atoms with Gasteiger partial charge in [-0.1, -0.05) is 30.7 Å². The fourth-order valence-corrected chi connectivity index (χ4v) is 4.73. The number of hydrogen-bond donors (Lipinski definition) is 0. The highest BCUT2D eigenvalue weighted by Crippen LogP contribution is 2.24. The van der Waals surface area contributed by atoms with E-state index in [9.17, 15) is 10.0 Å². The van der Waals surface area contributed by atoms with Gasteiger partial charge in [-0.3, -0.25) is 0 Å². The van der Waals surface area contributed by atoms with Gasteiger partial charge >= 0.3 is 5.91 Å². The van der Waals surface area contributed by atoms with E-state index >= 15 is 0 Å². The number of hydrogen-bond acceptors (Lipinski definition) is 6. The minimum Gasteiger partial charge on any atom is -0.691 e. The van der Waals surface area contributed by atoms with Crippen LogP contribution in [0.2, 0.25) is 0 Å². The van der Waals surface area contributed by atoms with Gasteiger partial charge in [-0.25, -0.2) is 4.79 Å². The molecule has 192 valence electrons. The monoisotopic (exact) mass is 499 g/mol. The molecule has 1 aliphatic rings. The molecule has 0 atom stereocenters. The molecule has 4 aromatic rings. The number of carbonyl (C=O) groups is 1. The summed E-state index contributed by atoms with van der Waals surface area (Å²) in [4.78, 5) is 18.2. The maximum atomic E-state index is 13.0. The van der Waals surface area contributed by atoms with Gasteiger partial charge in [-0.05, 0) is 79.4 Å². The lowest BCUT2D eigenvalue weighted by Crippen LogP contribution is -2.46. The molecule has 8 heteroatoms. The van der Waals surface area contributed by atoms with Gasteiger partial charge in [-0.2, -0.15) is 0 Å². The third kappa shape index (κ3) is 5.53. The van der Waals surface area contributed by atoms with Crippen LogP contribution in [-0.4, -0.2) is 48.6 Å². The van der Waals surface area contributed by atoms with Crippen molar-refractivity contribution in [3.63, 3.8) is 0 Å². The Balaban J connectivity index is 1.16. The van der Waals surface area contributed by atoms with Crippen molar-refractivity contribution in [1.29, 1.82) is 0 Å². The Bertz CT molecular complexity index is 1340. The first-order valence-corrected chi connectivity index (χ1v) is 12.9. The standard InChI is InChI=1S/C29H33N5O3/c1-22(2)6-5-21-37-26-15-13-25(14-16-26)32-19-17-31(18-20-32)24-11-9-23(10-12-24)29(35)33-27-7-3-4-8-28(27)34(36)30-33/h3-4,7-16,22H,5-6,17-21H2,1-2H3. The summed E-state index contributed by atoms with van der Waals surface area (Å²) in [6.07, 6.45) is 2.27. The van der Waals surface area contributed by atoms with Crippen LogP contribution in [0.15, 0.2) is 72.8 Å². The summed E-state index contributed by atoms with van der Waals surface area (Å²) in [7, 11) is 0. The number of ether oxygens (including phenoxy) is 1. The number of aromatic nitrogens is 3. The lowest BCUT2D eigenvalue weighted by atomic mass is 10.1. The van der Waals surface area contributed by atoms with Gasteiger partial charge in [0.15, 0.2) is 0 Å². The summed E-state index contributed by atoms with van der Waals surface area (Å²) < 4.78 is 7.04. The van der Waals surface area contributed by atoms with Crippen molar-refractivity contribution in [1.82, 2.24) is 9.90 Å². The summed E-state index contributed by atoms with van der Waals surface area (Å²) >= 11 is 0. The van der Waals surface area contributed by atoms with Gasteiger partial charge in [0, 0.05) is 37.6 Å². The third-order valence-electron chi connectivity index (χ3n) is 6.83. The van der Waals surface area contributed by atoms with Crippen LogP contribution < -0.4 is 19.4 Å². The predicted octanol–water partition coefficient (Wildman–Crippen LogP) is 4.50. The molecule has 3 aromatic carbocycles. The molecule has 8 nitrogen and oxygen atoms in total. The molecular formula is C29H33N5O3. The van der Waals surface area contributed by atoms with Crippen molar-refractivity contribution in [3.8, 4) is 5.75 Å². The van der Waals surface area contributed by atoms with Crippen molar-refractivity contribution in [2.75, 3.05) is 42.6 Å². The summed E-state index contributed by atoms with van der Waals surface area (Å²) in [5.41, 5.74) is 3.63. The second-order valence-electron chi connectivity index (χ2n) is 9.87. The van der Waals surface area contributed by atoms with E-state index in [4.69, 9.17) is 4.74 Å². The Labute approximate surface area is 217 Å². The number of para-hydroxylation sites is 2. The molecule has 0 unspecified atom stereocenters. The van der Waals surface area contributed by atoms with Crippen molar-refractivity contribution in [2.24, 2.45) is 5.92 Å². The van der Waals surface area contributed by atoms with Crippen molar-refractivity contribution in [3.05, 3.63) is 83.6 Å². The molecule has 0 radical (unpaired) electrons. The maximum Gasteiger partial charge on any atom is 0.366 e. The van der Waals surface area contributed by atoms with E-state index in [0.717, 1.165) is 55.3 Å². The van der Waals surface area contributed by atoms with Gasteiger partial charge < -0.3 is 19.7 Å². The predicted molar refractivity (Wildman–Crippen MR) is 145 cm³/mol. The minimum absolute atomic E-state index is 0.325. The normalized spacial score (nSPS) is 13.9. The molecule has 2 heterocycles. The van der Waals surface area contributed by atoms with Crippen LogP contribution >= 0.6 is 0 Å². The molecule has 37 heavy (non-hydrogen) atoms. The highest BCUT2D eigenvalue weighted by molar-refractivity contribution is 5.99. The van der Waals surface area contributed by atoms with Gasteiger partial charge in [0.2, 0.25) is 11.0 Å². The van der Waals surface area contributed by atoms with Gasteiger partial charge in [0.1, 0.15) is 11.0 Å². The maximum absolute atomic E-state index is 13.0. The molecule has 0 bridgehead atoms. The van der Waals surface area contributed by atoms with Crippen LogP contribution in [0.25, 0.3) is 11.0 Å². The van der Waals surface area contributed by atoms with Gasteiger partial charge in [0.25, 0.3) is 0 Å². The number of carbonyl (C=O) groups excluding carboxylic acids is 1. The zero-order chi connectivity index (χ0) is 25.8. The first kappa shape index (κ1) is 24.6. The highest BCUT2D eigenvalue weighted by atomic mass is 16.5. The number of benzene rings is 3. The molecule has 1 aliphatic heterocycles. The van der Waals surface area contributed by atoms with Crippen LogP contribution in [0.4, 0.5) is 11.4 Å². The first-order valence-electron chi connectivity index (χ1n) is 12.9. The summed E-state index contributed by atoms with van der Waals surface area (Å²) in [5.74, 6) is 1.31. The molecule has 1 aromatic heterocycles. The second kappa shape index (κ2) is 10.9. The molecular weight excluding hydrogens is 466 g/mol. The van der Waals surface area contributed by atoms with Gasteiger partial charge in [0.05, 0.1) is 12.2 Å². The fourth-order valence-electron chi connectivity index (χ4n) is 4.73. The minimum atomic E-state index is -0.325. The number of rotatable bonds is 8. The van der Waals surface area contributed by atoms with Crippen molar-refractivity contribution >= 4 is 28.3 Å². The van der Waals surface area contributed by atoms with Gasteiger partial charge in [-0.15, -0.1) is 4.85 Å². The number of fused-ring (bicyclic) bond motifs is 1. The summed E-state index contributed by atoms with van der Waals surface area (Å²) in [6.45, 7) is 8.84. The molecule has 0 aliphatic carbocycles. The SMILES string of the molecule is CC(C)CCCOc1ccc(N2CCN(c3ccc(C(=O)n4n[n+]([O-])c5ccccc54)cc3)CC2)cc1. The Morgan fingerprint density at radius 1 is 0.919 bits per heavy atom. The average Bonchev–Trinajstić information content (AvgIpc) is 3.27. The third-order valence-corrected chi connectivity index (χ3v) is 6.83. The quantitative estimate of drug-likeness (QED) is 0.202. The number of anilines is 2. The van der Waals surface area contributed by atoms with Crippen LogP contribution in [0.3, 0.4) is 0 Å². The van der Waals surface area contributed by atoms with E-state index in [1.165, 1.54) is 12.1 Å². The topological polar surface area (TPSA) is 77.5 Å². The summed E-state index contributed by atoms with van der Waals surface area (Å²) in [5, 5.41) is 15.9. The van der Waals surface area contributed by atoms with E-state index < -0.39 is 0 Å². The van der Waals surface area contributed by atoms with E-state index in [0.29, 0.717) is 27.4 Å². The van der Waals surface area contributed by atoms with Crippen molar-refractivity contribution in [2.45, 2.75) is 26.7 Å². The average molecular weight is 500 g/mol. The highest BCUT2D eigenvalue weighted by Gasteiger charge is 2.23. The Kier molecular flexibility index (Phi) is 7.25. The van der Waals surface area contributed by atoms with E-state index in [1.54, 1.807) is 36.4 Å². The molecule has 0 N–H and O–H groups in total. The second-order valence-corrected chi connectivity index (χ2v) is 9.87. The molecule has 0 saturated carbocycles. The first-order chi connectivity index (χ1) is 18.0.